The normalized spacial score (nSPS) is 11.5. The number of benzene rings is 2. The van der Waals surface area contributed by atoms with E-state index in [2.05, 4.69) is 23.4 Å². The number of nitrogens with zero attached hydrogens (tertiary/aromatic N) is 3. The van der Waals surface area contributed by atoms with Crippen molar-refractivity contribution in [2.45, 2.75) is 33.7 Å². The molecule has 0 fully saturated rings. The highest BCUT2D eigenvalue weighted by atomic mass is 35.5. The summed E-state index contributed by atoms with van der Waals surface area (Å²) in [5.74, 6) is 1.12. The number of imidazole rings is 1. The molecule has 4 aromatic rings. The minimum absolute atomic E-state index is 0.253. The molecule has 148 valence electrons. The number of fused-ring (bicyclic) bond motifs is 3. The molecule has 0 bridgehead atoms. The van der Waals surface area contributed by atoms with Gasteiger partial charge in [-0.3, -0.25) is 4.79 Å². The maximum Gasteiger partial charge on any atom is 0.312 e. The zero-order valence-corrected chi connectivity index (χ0v) is 17.4. The quantitative estimate of drug-likeness (QED) is 0.388. The van der Waals surface area contributed by atoms with Crippen molar-refractivity contribution >= 4 is 39.5 Å². The van der Waals surface area contributed by atoms with Gasteiger partial charge >= 0.3 is 5.97 Å². The third kappa shape index (κ3) is 3.70. The van der Waals surface area contributed by atoms with Crippen molar-refractivity contribution in [3.8, 4) is 17.3 Å². The van der Waals surface area contributed by atoms with Crippen LogP contribution in [0.5, 0.6) is 5.88 Å². The first-order chi connectivity index (χ1) is 14.0. The van der Waals surface area contributed by atoms with Crippen LogP contribution in [0.15, 0.2) is 48.5 Å². The van der Waals surface area contributed by atoms with E-state index in [9.17, 15) is 4.79 Å². The molecule has 2 aromatic heterocycles. The first kappa shape index (κ1) is 19.4. The number of para-hydroxylation sites is 1. The predicted molar refractivity (Wildman–Crippen MR) is 116 cm³/mol. The lowest BCUT2D eigenvalue weighted by Gasteiger charge is -2.13. The van der Waals surface area contributed by atoms with E-state index in [4.69, 9.17) is 21.3 Å². The van der Waals surface area contributed by atoms with E-state index in [1.165, 1.54) is 0 Å². The summed E-state index contributed by atoms with van der Waals surface area (Å²) in [4.78, 5) is 21.5. The number of ether oxygens (including phenoxy) is 1. The summed E-state index contributed by atoms with van der Waals surface area (Å²) in [5.41, 5.74) is 3.24. The third-order valence-electron chi connectivity index (χ3n) is 4.70. The van der Waals surface area contributed by atoms with Crippen LogP contribution < -0.4 is 4.74 Å². The van der Waals surface area contributed by atoms with Crippen LogP contribution in [0.2, 0.25) is 5.02 Å². The predicted octanol–water partition coefficient (Wildman–Crippen LogP) is 5.88. The fourth-order valence-electron chi connectivity index (χ4n) is 3.42. The van der Waals surface area contributed by atoms with Crippen LogP contribution in [0.3, 0.4) is 0 Å². The molecular weight excluding hydrogens is 386 g/mol. The van der Waals surface area contributed by atoms with Gasteiger partial charge in [-0.15, -0.1) is 0 Å². The van der Waals surface area contributed by atoms with Crippen LogP contribution >= 0.6 is 11.6 Å². The largest absolute Gasteiger partial charge is 0.405 e. The Morgan fingerprint density at radius 2 is 1.83 bits per heavy atom. The SMILES string of the molecule is CCC(=O)Oc1nc2ccccc2c2c1nc(-c1ccc(Cl)cc1)n2CC(C)C. The van der Waals surface area contributed by atoms with Gasteiger partial charge in [0, 0.05) is 28.9 Å². The van der Waals surface area contributed by atoms with Crippen molar-refractivity contribution in [2.75, 3.05) is 0 Å². The topological polar surface area (TPSA) is 57.0 Å². The third-order valence-corrected chi connectivity index (χ3v) is 4.95. The van der Waals surface area contributed by atoms with Crippen LogP contribution in [-0.4, -0.2) is 20.5 Å². The summed E-state index contributed by atoms with van der Waals surface area (Å²) in [7, 11) is 0. The van der Waals surface area contributed by atoms with Gasteiger partial charge in [-0.05, 0) is 36.2 Å². The number of carbonyl (C=O) groups is 1. The average molecular weight is 408 g/mol. The zero-order chi connectivity index (χ0) is 20.5. The smallest absolute Gasteiger partial charge is 0.312 e. The maximum atomic E-state index is 12.0. The molecule has 0 aliphatic carbocycles. The number of esters is 1. The summed E-state index contributed by atoms with van der Waals surface area (Å²) in [6.07, 6.45) is 0.271. The van der Waals surface area contributed by atoms with E-state index < -0.39 is 0 Å². The molecule has 0 radical (unpaired) electrons. The van der Waals surface area contributed by atoms with Gasteiger partial charge in [-0.25, -0.2) is 9.97 Å². The van der Waals surface area contributed by atoms with Gasteiger partial charge in [0.2, 0.25) is 0 Å². The fraction of sp³-hybridized carbons (Fsp3) is 0.261. The Balaban J connectivity index is 2.08. The number of aromatic nitrogens is 3. The Bertz CT molecular complexity index is 1200. The van der Waals surface area contributed by atoms with E-state index in [0.717, 1.165) is 34.4 Å². The molecule has 0 amide bonds. The van der Waals surface area contributed by atoms with E-state index in [1.807, 2.05) is 48.5 Å². The van der Waals surface area contributed by atoms with Gasteiger partial charge in [0.05, 0.1) is 11.0 Å². The molecule has 4 rings (SSSR count). The fourth-order valence-corrected chi connectivity index (χ4v) is 3.55. The van der Waals surface area contributed by atoms with Crippen LogP contribution in [0.4, 0.5) is 0 Å². The summed E-state index contributed by atoms with van der Waals surface area (Å²) < 4.78 is 7.76. The standard InChI is InChI=1S/C23H22ClN3O2/c1-4-19(28)29-23-20-21(17-7-5-6-8-18(17)25-23)27(13-14(2)3)22(26-20)15-9-11-16(24)12-10-15/h5-12,14H,4,13H2,1-3H3. The molecule has 0 N–H and O–H groups in total. The Morgan fingerprint density at radius 3 is 2.52 bits per heavy atom. The highest BCUT2D eigenvalue weighted by Crippen LogP contribution is 2.35. The highest BCUT2D eigenvalue weighted by Gasteiger charge is 2.22. The monoisotopic (exact) mass is 407 g/mol. The second kappa shape index (κ2) is 7.84. The summed E-state index contributed by atoms with van der Waals surface area (Å²) in [6, 6.07) is 15.5. The number of carbonyl (C=O) groups excluding carboxylic acids is 1. The number of hydrogen-bond acceptors (Lipinski definition) is 4. The first-order valence-electron chi connectivity index (χ1n) is 9.73. The minimum atomic E-state index is -0.333. The molecule has 6 heteroatoms. The van der Waals surface area contributed by atoms with Crippen molar-refractivity contribution in [1.82, 2.24) is 14.5 Å². The van der Waals surface area contributed by atoms with Crippen molar-refractivity contribution in [3.63, 3.8) is 0 Å². The molecule has 0 unspecified atom stereocenters. The lowest BCUT2D eigenvalue weighted by Crippen LogP contribution is -2.08. The Hall–Kier alpha value is -2.92. The first-order valence-corrected chi connectivity index (χ1v) is 10.1. The molecule has 2 heterocycles. The summed E-state index contributed by atoms with van der Waals surface area (Å²) >= 11 is 6.08. The summed E-state index contributed by atoms with van der Waals surface area (Å²) in [5, 5.41) is 1.65. The number of pyridine rings is 1. The molecule has 0 saturated carbocycles. The molecule has 29 heavy (non-hydrogen) atoms. The van der Waals surface area contributed by atoms with Crippen LogP contribution in [0.1, 0.15) is 27.2 Å². The molecular formula is C23H22ClN3O2. The lowest BCUT2D eigenvalue weighted by atomic mass is 10.1. The van der Waals surface area contributed by atoms with E-state index in [-0.39, 0.29) is 18.3 Å². The second-order valence-corrected chi connectivity index (χ2v) is 7.84. The Labute approximate surface area is 174 Å². The number of rotatable bonds is 5. The molecule has 0 spiro atoms. The second-order valence-electron chi connectivity index (χ2n) is 7.41. The van der Waals surface area contributed by atoms with Gasteiger partial charge in [-0.1, -0.05) is 50.6 Å². The molecule has 2 aromatic carbocycles. The van der Waals surface area contributed by atoms with Crippen LogP contribution in [-0.2, 0) is 11.3 Å². The van der Waals surface area contributed by atoms with Gasteiger partial charge in [0.15, 0.2) is 5.52 Å². The van der Waals surface area contributed by atoms with Crippen molar-refractivity contribution in [2.24, 2.45) is 5.92 Å². The molecule has 0 atom stereocenters. The lowest BCUT2D eigenvalue weighted by molar-refractivity contribution is -0.134. The summed E-state index contributed by atoms with van der Waals surface area (Å²) in [6.45, 7) is 6.86. The van der Waals surface area contributed by atoms with Crippen molar-refractivity contribution in [1.29, 1.82) is 0 Å². The average Bonchev–Trinajstić information content (AvgIpc) is 3.08. The molecule has 0 saturated heterocycles. The molecule has 0 aliphatic rings. The van der Waals surface area contributed by atoms with E-state index in [0.29, 0.717) is 16.5 Å². The highest BCUT2D eigenvalue weighted by molar-refractivity contribution is 6.30. The number of halogens is 1. The van der Waals surface area contributed by atoms with Gasteiger partial charge in [0.25, 0.3) is 5.88 Å². The van der Waals surface area contributed by atoms with E-state index in [1.54, 1.807) is 6.92 Å². The van der Waals surface area contributed by atoms with Crippen molar-refractivity contribution < 1.29 is 9.53 Å². The van der Waals surface area contributed by atoms with E-state index >= 15 is 0 Å². The molecule has 0 aliphatic heterocycles. The number of hydrogen-bond donors (Lipinski definition) is 0. The van der Waals surface area contributed by atoms with Gasteiger partial charge in [0.1, 0.15) is 5.82 Å². The Kier molecular flexibility index (Phi) is 5.24. The maximum absolute atomic E-state index is 12.0. The minimum Gasteiger partial charge on any atom is -0.405 e. The van der Waals surface area contributed by atoms with Gasteiger partial charge in [-0.2, -0.15) is 0 Å². The zero-order valence-electron chi connectivity index (χ0n) is 16.6. The van der Waals surface area contributed by atoms with Crippen molar-refractivity contribution in [3.05, 3.63) is 53.6 Å². The Morgan fingerprint density at radius 1 is 1.10 bits per heavy atom. The van der Waals surface area contributed by atoms with Crippen LogP contribution in [0, 0.1) is 5.92 Å². The van der Waals surface area contributed by atoms with Gasteiger partial charge < -0.3 is 9.30 Å². The molecule has 5 nitrogen and oxygen atoms in total. The van der Waals surface area contributed by atoms with Crippen LogP contribution in [0.25, 0.3) is 33.3 Å².